The summed E-state index contributed by atoms with van der Waals surface area (Å²) in [5.41, 5.74) is 1.15. The second kappa shape index (κ2) is 10.9. The van der Waals surface area contributed by atoms with Crippen molar-refractivity contribution in [3.05, 3.63) is 47.8 Å². The summed E-state index contributed by atoms with van der Waals surface area (Å²) >= 11 is 0. The molecule has 0 spiro atoms. The fourth-order valence-electron chi connectivity index (χ4n) is 4.36. The van der Waals surface area contributed by atoms with Crippen LogP contribution in [0.25, 0.3) is 17.1 Å². The van der Waals surface area contributed by atoms with Gasteiger partial charge in [-0.15, -0.1) is 10.2 Å². The van der Waals surface area contributed by atoms with E-state index < -0.39 is 22.0 Å². The van der Waals surface area contributed by atoms with Gasteiger partial charge in [-0.05, 0) is 48.7 Å². The molecule has 0 aliphatic carbocycles. The Balaban J connectivity index is 1.76. The summed E-state index contributed by atoms with van der Waals surface area (Å²) in [4.78, 5) is 25.1. The van der Waals surface area contributed by atoms with E-state index in [-0.39, 0.29) is 65.7 Å². The molecule has 0 saturated carbocycles. The average Bonchev–Trinajstić information content (AvgIpc) is 3.34. The number of sulfonamides is 1. The first kappa shape index (κ1) is 27.9. The molecule has 3 aromatic rings. The molecule has 1 saturated heterocycles. The van der Waals surface area contributed by atoms with Crippen molar-refractivity contribution in [2.24, 2.45) is 0 Å². The molecule has 2 amide bonds. The third-order valence-electron chi connectivity index (χ3n) is 6.45. The highest BCUT2D eigenvalue weighted by Gasteiger charge is 2.30. The monoisotopic (exact) mass is 558 g/mol. The molecule has 2 heterocycles. The molecular weight excluding hydrogens is 528 g/mol. The zero-order chi connectivity index (χ0) is 28.5. The van der Waals surface area contributed by atoms with Crippen molar-refractivity contribution in [1.29, 1.82) is 0 Å². The number of phenols is 2. The Hall–Kier alpha value is -4.17. The first-order valence-corrected chi connectivity index (χ1v) is 13.8. The first-order chi connectivity index (χ1) is 18.4. The molecule has 13 nitrogen and oxygen atoms in total. The Morgan fingerprint density at radius 2 is 1.64 bits per heavy atom. The van der Waals surface area contributed by atoms with Crippen LogP contribution in [0.4, 0.5) is 4.79 Å². The van der Waals surface area contributed by atoms with Gasteiger partial charge in [0, 0.05) is 44.5 Å². The predicted molar refractivity (Wildman–Crippen MR) is 141 cm³/mol. The van der Waals surface area contributed by atoms with E-state index in [2.05, 4.69) is 15.5 Å². The molecule has 4 rings (SSSR count). The number of amides is 2. The number of nitrogens with one attached hydrogen (secondary N) is 1. The minimum absolute atomic E-state index is 0.00113. The molecule has 0 unspecified atom stereocenters. The maximum absolute atomic E-state index is 13.2. The van der Waals surface area contributed by atoms with Crippen LogP contribution in [-0.4, -0.2) is 92.4 Å². The number of hydrogen-bond acceptors (Lipinski definition) is 8. The molecule has 2 aromatic carbocycles. The molecule has 4 N–H and O–H groups in total. The molecule has 1 fully saturated rings. The van der Waals surface area contributed by atoms with Crippen molar-refractivity contribution in [3.63, 3.8) is 0 Å². The van der Waals surface area contributed by atoms with Crippen LogP contribution in [0, 0.1) is 0 Å². The maximum Gasteiger partial charge on any atom is 0.407 e. The Morgan fingerprint density at radius 1 is 1.00 bits per heavy atom. The smallest absolute Gasteiger partial charge is 0.407 e. The molecule has 14 heteroatoms. The van der Waals surface area contributed by atoms with Crippen molar-refractivity contribution in [2.75, 3.05) is 32.7 Å². The van der Waals surface area contributed by atoms with Crippen molar-refractivity contribution >= 4 is 22.0 Å². The summed E-state index contributed by atoms with van der Waals surface area (Å²) in [7, 11) is -3.89. The van der Waals surface area contributed by atoms with Crippen LogP contribution in [0.15, 0.2) is 41.3 Å². The lowest BCUT2D eigenvalue weighted by Gasteiger charge is -2.32. The van der Waals surface area contributed by atoms with E-state index in [0.717, 1.165) is 4.90 Å². The van der Waals surface area contributed by atoms with Gasteiger partial charge in [-0.2, -0.15) is 4.31 Å². The van der Waals surface area contributed by atoms with Gasteiger partial charge in [0.05, 0.1) is 10.5 Å². The average molecular weight is 559 g/mol. The highest BCUT2D eigenvalue weighted by Crippen LogP contribution is 2.38. The van der Waals surface area contributed by atoms with Gasteiger partial charge in [0.25, 0.3) is 5.91 Å². The molecule has 1 aliphatic rings. The molecular formula is C25H30N6O7S. The number of aromatic nitrogens is 3. The summed E-state index contributed by atoms with van der Waals surface area (Å²) in [5, 5.41) is 40.9. The van der Waals surface area contributed by atoms with Gasteiger partial charge in [-0.25, -0.2) is 13.2 Å². The fraction of sp³-hybridized carbons (Fsp3) is 0.360. The van der Waals surface area contributed by atoms with Gasteiger partial charge in [0.15, 0.2) is 5.82 Å². The normalized spacial score (nSPS) is 14.5. The Kier molecular flexibility index (Phi) is 7.79. The third-order valence-corrected chi connectivity index (χ3v) is 8.37. The number of aromatic hydroxyl groups is 2. The first-order valence-electron chi connectivity index (χ1n) is 12.3. The molecule has 0 atom stereocenters. The number of benzene rings is 2. The van der Waals surface area contributed by atoms with Gasteiger partial charge < -0.3 is 25.5 Å². The zero-order valence-corrected chi connectivity index (χ0v) is 22.5. The van der Waals surface area contributed by atoms with Gasteiger partial charge in [-0.3, -0.25) is 9.36 Å². The number of nitrogens with zero attached hydrogens (tertiary/aromatic N) is 5. The molecule has 39 heavy (non-hydrogen) atoms. The highest BCUT2D eigenvalue weighted by atomic mass is 32.2. The molecule has 0 bridgehead atoms. The van der Waals surface area contributed by atoms with Crippen LogP contribution in [0.1, 0.15) is 42.9 Å². The van der Waals surface area contributed by atoms with E-state index in [9.17, 15) is 28.2 Å². The lowest BCUT2D eigenvalue weighted by molar-refractivity contribution is 0.0943. The Bertz CT molecular complexity index is 1490. The van der Waals surface area contributed by atoms with Crippen LogP contribution in [0.3, 0.4) is 0 Å². The van der Waals surface area contributed by atoms with E-state index in [1.807, 2.05) is 13.8 Å². The molecule has 0 radical (unpaired) electrons. The number of carbonyl (C=O) groups excluding carboxylic acids is 1. The predicted octanol–water partition coefficient (Wildman–Crippen LogP) is 2.20. The fourth-order valence-corrected chi connectivity index (χ4v) is 5.78. The van der Waals surface area contributed by atoms with Gasteiger partial charge in [0.1, 0.15) is 11.5 Å². The number of piperazine rings is 1. The van der Waals surface area contributed by atoms with Crippen molar-refractivity contribution < 1.29 is 33.3 Å². The Morgan fingerprint density at radius 3 is 2.21 bits per heavy atom. The van der Waals surface area contributed by atoms with Crippen LogP contribution in [0.2, 0.25) is 0 Å². The summed E-state index contributed by atoms with van der Waals surface area (Å²) < 4.78 is 29.0. The highest BCUT2D eigenvalue weighted by molar-refractivity contribution is 7.89. The van der Waals surface area contributed by atoms with Crippen LogP contribution in [0.5, 0.6) is 11.5 Å². The van der Waals surface area contributed by atoms with E-state index in [1.54, 1.807) is 13.0 Å². The van der Waals surface area contributed by atoms with E-state index in [4.69, 9.17) is 5.11 Å². The van der Waals surface area contributed by atoms with Crippen molar-refractivity contribution in [3.8, 4) is 28.6 Å². The lowest BCUT2D eigenvalue weighted by Crippen LogP contribution is -2.50. The van der Waals surface area contributed by atoms with E-state index in [1.165, 1.54) is 39.2 Å². The quantitative estimate of drug-likeness (QED) is 0.338. The third kappa shape index (κ3) is 5.38. The molecule has 1 aromatic heterocycles. The minimum atomic E-state index is -3.89. The maximum atomic E-state index is 13.2. The SMILES string of the molecule is CCNC(=O)c1nnc(-c2cc(C(C)C)c(O)cc2O)n1-c1ccc(S(=O)(=O)N2CCN(C(=O)O)CC2)cc1. The van der Waals surface area contributed by atoms with Crippen LogP contribution in [-0.2, 0) is 10.0 Å². The summed E-state index contributed by atoms with van der Waals surface area (Å²) in [6.07, 6.45) is -1.09. The topological polar surface area (TPSA) is 178 Å². The number of carbonyl (C=O) groups is 2. The van der Waals surface area contributed by atoms with Crippen LogP contribution >= 0.6 is 0 Å². The summed E-state index contributed by atoms with van der Waals surface area (Å²) in [6, 6.07) is 8.54. The minimum Gasteiger partial charge on any atom is -0.508 e. The number of rotatable bonds is 7. The van der Waals surface area contributed by atoms with Gasteiger partial charge in [0.2, 0.25) is 15.8 Å². The van der Waals surface area contributed by atoms with Gasteiger partial charge in [-0.1, -0.05) is 13.8 Å². The van der Waals surface area contributed by atoms with E-state index in [0.29, 0.717) is 17.8 Å². The number of hydrogen-bond donors (Lipinski definition) is 4. The molecule has 208 valence electrons. The van der Waals surface area contributed by atoms with Gasteiger partial charge >= 0.3 is 6.09 Å². The second-order valence-electron chi connectivity index (χ2n) is 9.29. The zero-order valence-electron chi connectivity index (χ0n) is 21.7. The summed E-state index contributed by atoms with van der Waals surface area (Å²) in [6.45, 7) is 6.04. The number of phenolic OH excluding ortho intramolecular Hbond substituents is 2. The van der Waals surface area contributed by atoms with Crippen molar-refractivity contribution in [2.45, 2.75) is 31.6 Å². The lowest BCUT2D eigenvalue weighted by atomic mass is 9.98. The standard InChI is InChI=1S/C25H30N6O7S/c1-4-26-24(34)23-28-27-22(19-13-18(15(2)3)20(32)14-21(19)33)31(23)16-5-7-17(8-6-16)39(37,38)30-11-9-29(10-12-30)25(35)36/h5-8,13-15,32-33H,4,9-12H2,1-3H3,(H,26,34)(H,35,36). The number of carboxylic acid groups (broad SMARTS) is 1. The molecule has 1 aliphatic heterocycles. The summed E-state index contributed by atoms with van der Waals surface area (Å²) in [5.74, 6) is -0.911. The Labute approximate surface area is 225 Å². The van der Waals surface area contributed by atoms with Crippen molar-refractivity contribution in [1.82, 2.24) is 29.3 Å². The van der Waals surface area contributed by atoms with E-state index >= 15 is 0 Å². The second-order valence-corrected chi connectivity index (χ2v) is 11.2. The van der Waals surface area contributed by atoms with Crippen LogP contribution < -0.4 is 5.32 Å². The largest absolute Gasteiger partial charge is 0.508 e.